The summed E-state index contributed by atoms with van der Waals surface area (Å²) in [6, 6.07) is 10.1. The number of benzene rings is 1. The highest BCUT2D eigenvalue weighted by molar-refractivity contribution is 6.09. The summed E-state index contributed by atoms with van der Waals surface area (Å²) >= 11 is 0. The summed E-state index contributed by atoms with van der Waals surface area (Å²) in [4.78, 5) is 34.6. The van der Waals surface area contributed by atoms with E-state index in [0.717, 1.165) is 56.6 Å². The lowest BCUT2D eigenvalue weighted by Gasteiger charge is -2.38. The molecule has 6 nitrogen and oxygen atoms in total. The van der Waals surface area contributed by atoms with Crippen molar-refractivity contribution in [2.24, 2.45) is 0 Å². The number of anilines is 1. The molecule has 2 aliphatic heterocycles. The van der Waals surface area contributed by atoms with Crippen molar-refractivity contribution in [1.29, 1.82) is 0 Å². The van der Waals surface area contributed by atoms with Gasteiger partial charge in [-0.25, -0.2) is 0 Å². The van der Waals surface area contributed by atoms with Crippen LogP contribution >= 0.6 is 0 Å². The van der Waals surface area contributed by atoms with Gasteiger partial charge < -0.3 is 10.2 Å². The van der Waals surface area contributed by atoms with Crippen molar-refractivity contribution in [2.75, 3.05) is 25.0 Å². The molecule has 2 amide bonds. The van der Waals surface area contributed by atoms with Gasteiger partial charge in [0.1, 0.15) is 0 Å². The average Bonchev–Trinajstić information content (AvgIpc) is 3.38. The predicted molar refractivity (Wildman–Crippen MR) is 120 cm³/mol. The number of piperidine rings is 1. The van der Waals surface area contributed by atoms with Crippen LogP contribution in [-0.2, 0) is 16.8 Å². The zero-order valence-electron chi connectivity index (χ0n) is 18.1. The van der Waals surface area contributed by atoms with E-state index in [4.69, 9.17) is 0 Å². The van der Waals surface area contributed by atoms with Crippen molar-refractivity contribution in [3.63, 3.8) is 0 Å². The van der Waals surface area contributed by atoms with Crippen LogP contribution in [0.5, 0.6) is 0 Å². The Bertz CT molecular complexity index is 976. The zero-order chi connectivity index (χ0) is 21.4. The third-order valence-electron chi connectivity index (χ3n) is 7.38. The molecule has 162 valence electrons. The topological polar surface area (TPSA) is 65.5 Å². The first kappa shape index (κ1) is 20.2. The van der Waals surface area contributed by atoms with Crippen LogP contribution in [0, 0.1) is 0 Å². The van der Waals surface area contributed by atoms with Crippen LogP contribution in [0.2, 0.25) is 0 Å². The van der Waals surface area contributed by atoms with Crippen LogP contribution in [0.1, 0.15) is 60.0 Å². The molecule has 6 heteroatoms. The number of rotatable bonds is 4. The predicted octanol–water partition coefficient (Wildman–Crippen LogP) is 3.26. The number of nitrogens with zero attached hydrogens (tertiary/aromatic N) is 3. The molecule has 0 unspecified atom stereocenters. The lowest BCUT2D eigenvalue weighted by molar-refractivity contribution is -0.124. The number of fused-ring (bicyclic) bond motifs is 2. The van der Waals surface area contributed by atoms with Gasteiger partial charge in [-0.1, -0.05) is 18.9 Å². The Balaban J connectivity index is 1.36. The Hall–Kier alpha value is -2.73. The maximum atomic E-state index is 13.4. The molecule has 2 aromatic rings. The van der Waals surface area contributed by atoms with Gasteiger partial charge in [0.25, 0.3) is 5.91 Å². The fourth-order valence-corrected chi connectivity index (χ4v) is 5.56. The van der Waals surface area contributed by atoms with Gasteiger partial charge in [0.05, 0.1) is 5.41 Å². The van der Waals surface area contributed by atoms with E-state index in [2.05, 4.69) is 21.3 Å². The standard InChI is InChI=1S/C25H30N4O2/c1-28-22-9-8-19(23(30)27-20-6-2-3-7-20)15-21(22)25(24(28)31)10-13-29(14-11-25)17-18-5-4-12-26-16-18/h4-5,8-9,12,15-16,20H,2-3,6-7,10-11,13-14,17H2,1H3,(H,27,30). The van der Waals surface area contributed by atoms with Crippen LogP contribution in [-0.4, -0.2) is 47.9 Å². The first-order chi connectivity index (χ1) is 15.1. The lowest BCUT2D eigenvalue weighted by atomic mass is 9.73. The van der Waals surface area contributed by atoms with Gasteiger partial charge in [-0.05, 0) is 74.2 Å². The third-order valence-corrected chi connectivity index (χ3v) is 7.38. The first-order valence-electron chi connectivity index (χ1n) is 11.4. The molecule has 2 fully saturated rings. The Morgan fingerprint density at radius 2 is 1.97 bits per heavy atom. The average molecular weight is 419 g/mol. The van der Waals surface area contributed by atoms with E-state index in [1.807, 2.05) is 37.5 Å². The summed E-state index contributed by atoms with van der Waals surface area (Å²) in [6.07, 6.45) is 9.75. The first-order valence-corrected chi connectivity index (χ1v) is 11.4. The minimum absolute atomic E-state index is 0.0131. The number of carbonyl (C=O) groups is 2. The molecule has 3 aliphatic rings. The highest BCUT2D eigenvalue weighted by Crippen LogP contribution is 2.47. The second-order valence-electron chi connectivity index (χ2n) is 9.27. The van der Waals surface area contributed by atoms with E-state index in [1.54, 1.807) is 11.1 Å². The van der Waals surface area contributed by atoms with Crippen molar-refractivity contribution in [1.82, 2.24) is 15.2 Å². The van der Waals surface area contributed by atoms with Crippen molar-refractivity contribution >= 4 is 17.5 Å². The van der Waals surface area contributed by atoms with Gasteiger partial charge in [0, 0.05) is 43.3 Å². The molecule has 1 aliphatic carbocycles. The molecular weight excluding hydrogens is 388 g/mol. The van der Waals surface area contributed by atoms with E-state index in [9.17, 15) is 9.59 Å². The minimum Gasteiger partial charge on any atom is -0.349 e. The van der Waals surface area contributed by atoms with Crippen molar-refractivity contribution in [3.05, 3.63) is 59.4 Å². The molecule has 1 aromatic heterocycles. The van der Waals surface area contributed by atoms with E-state index in [1.165, 1.54) is 18.4 Å². The number of likely N-dealkylation sites (tertiary alicyclic amines) is 1. The Kier molecular flexibility index (Phi) is 5.26. The van der Waals surface area contributed by atoms with Crippen molar-refractivity contribution in [2.45, 2.75) is 56.5 Å². The number of aromatic nitrogens is 1. The molecule has 1 aromatic carbocycles. The number of hydrogen-bond donors (Lipinski definition) is 1. The summed E-state index contributed by atoms with van der Waals surface area (Å²) in [5.74, 6) is 0.151. The quantitative estimate of drug-likeness (QED) is 0.828. The fourth-order valence-electron chi connectivity index (χ4n) is 5.56. The monoisotopic (exact) mass is 418 g/mol. The summed E-state index contributed by atoms with van der Waals surface area (Å²) < 4.78 is 0. The van der Waals surface area contributed by atoms with Gasteiger partial charge >= 0.3 is 0 Å². The fraction of sp³-hybridized carbons (Fsp3) is 0.480. The van der Waals surface area contributed by atoms with Gasteiger partial charge in [-0.3, -0.25) is 19.5 Å². The lowest BCUT2D eigenvalue weighted by Crippen LogP contribution is -2.47. The molecular formula is C25H30N4O2. The van der Waals surface area contributed by atoms with E-state index in [0.29, 0.717) is 5.56 Å². The van der Waals surface area contributed by atoms with Crippen LogP contribution in [0.4, 0.5) is 5.69 Å². The van der Waals surface area contributed by atoms with Gasteiger partial charge in [0.2, 0.25) is 5.91 Å². The molecule has 0 atom stereocenters. The van der Waals surface area contributed by atoms with Crippen LogP contribution < -0.4 is 10.2 Å². The largest absolute Gasteiger partial charge is 0.349 e. The normalized spacial score (nSPS) is 20.9. The molecule has 1 N–H and O–H groups in total. The number of carbonyl (C=O) groups excluding carboxylic acids is 2. The molecule has 1 saturated heterocycles. The molecule has 3 heterocycles. The second kappa shape index (κ2) is 8.08. The molecule has 5 rings (SSSR count). The SMILES string of the molecule is CN1C(=O)C2(CCN(Cc3cccnc3)CC2)c2cc(C(=O)NC3CCCC3)ccc21. The van der Waals surface area contributed by atoms with Gasteiger partial charge in [-0.15, -0.1) is 0 Å². The molecule has 0 bridgehead atoms. The van der Waals surface area contributed by atoms with Crippen LogP contribution in [0.3, 0.4) is 0 Å². The maximum Gasteiger partial charge on any atom is 0.251 e. The zero-order valence-corrected chi connectivity index (χ0v) is 18.1. The molecule has 0 radical (unpaired) electrons. The summed E-state index contributed by atoms with van der Waals surface area (Å²) in [5.41, 5.74) is 3.33. The highest BCUT2D eigenvalue weighted by atomic mass is 16.2. The second-order valence-corrected chi connectivity index (χ2v) is 9.27. The number of amides is 2. The summed E-state index contributed by atoms with van der Waals surface area (Å²) in [6.45, 7) is 2.56. The Morgan fingerprint density at radius 1 is 1.19 bits per heavy atom. The number of hydrogen-bond acceptors (Lipinski definition) is 4. The van der Waals surface area contributed by atoms with Crippen molar-refractivity contribution < 1.29 is 9.59 Å². The third kappa shape index (κ3) is 3.63. The van der Waals surface area contributed by atoms with E-state index >= 15 is 0 Å². The highest BCUT2D eigenvalue weighted by Gasteiger charge is 2.51. The minimum atomic E-state index is -0.515. The Morgan fingerprint density at radius 3 is 2.68 bits per heavy atom. The van der Waals surface area contributed by atoms with E-state index in [-0.39, 0.29) is 17.9 Å². The molecule has 31 heavy (non-hydrogen) atoms. The number of nitrogens with one attached hydrogen (secondary N) is 1. The summed E-state index contributed by atoms with van der Waals surface area (Å²) in [5, 5.41) is 3.18. The number of pyridine rings is 1. The smallest absolute Gasteiger partial charge is 0.251 e. The van der Waals surface area contributed by atoms with Crippen molar-refractivity contribution in [3.8, 4) is 0 Å². The number of likely N-dealkylation sites (N-methyl/N-ethyl adjacent to an activating group) is 1. The maximum absolute atomic E-state index is 13.4. The molecule has 1 saturated carbocycles. The van der Waals surface area contributed by atoms with E-state index < -0.39 is 5.41 Å². The summed E-state index contributed by atoms with van der Waals surface area (Å²) in [7, 11) is 1.86. The van der Waals surface area contributed by atoms with Crippen LogP contribution in [0.25, 0.3) is 0 Å². The molecule has 1 spiro atoms. The Labute approximate surface area is 183 Å². The van der Waals surface area contributed by atoms with Crippen LogP contribution in [0.15, 0.2) is 42.7 Å². The van der Waals surface area contributed by atoms with Gasteiger partial charge in [0.15, 0.2) is 0 Å². The van der Waals surface area contributed by atoms with Gasteiger partial charge in [-0.2, -0.15) is 0 Å².